The number of alkyl halides is 3. The molecule has 2 N–H and O–H groups in total. The van der Waals surface area contributed by atoms with Gasteiger partial charge in [0.1, 0.15) is 11.8 Å². The van der Waals surface area contributed by atoms with Crippen LogP contribution in [0.15, 0.2) is 36.7 Å². The Hall–Kier alpha value is -2.55. The second-order valence-electron chi connectivity index (χ2n) is 4.73. The molecule has 0 fully saturated rings. The van der Waals surface area contributed by atoms with E-state index in [0.29, 0.717) is 11.3 Å². The first-order chi connectivity index (χ1) is 10.8. The molecule has 1 amide bonds. The first-order valence-corrected chi connectivity index (χ1v) is 6.61. The predicted molar refractivity (Wildman–Crippen MR) is 76.8 cm³/mol. The fourth-order valence-electron chi connectivity index (χ4n) is 1.99. The largest absolute Gasteiger partial charge is 0.573 e. The van der Waals surface area contributed by atoms with E-state index in [9.17, 15) is 18.0 Å². The van der Waals surface area contributed by atoms with Crippen LogP contribution >= 0.6 is 0 Å². The number of hydrogen-bond acceptors (Lipinski definition) is 4. The Labute approximate surface area is 130 Å². The summed E-state index contributed by atoms with van der Waals surface area (Å²) in [5, 5.41) is 9.46. The number of amides is 1. The number of benzene rings is 1. The topological polar surface area (TPSA) is 68.2 Å². The van der Waals surface area contributed by atoms with E-state index in [-0.39, 0.29) is 11.7 Å². The number of hydrogen-bond donors (Lipinski definition) is 2. The lowest BCUT2D eigenvalue weighted by molar-refractivity contribution is -0.274. The van der Waals surface area contributed by atoms with Gasteiger partial charge in [-0.2, -0.15) is 5.10 Å². The molecular weight excluding hydrogens is 313 g/mol. The summed E-state index contributed by atoms with van der Waals surface area (Å²) in [7, 11) is 3.35. The predicted octanol–water partition coefficient (Wildman–Crippen LogP) is 2.22. The van der Waals surface area contributed by atoms with E-state index in [4.69, 9.17) is 0 Å². The molecule has 2 aromatic rings. The highest BCUT2D eigenvalue weighted by Gasteiger charge is 2.31. The number of likely N-dealkylation sites (N-methyl/N-ethyl adjacent to an activating group) is 1. The van der Waals surface area contributed by atoms with Gasteiger partial charge in [0, 0.05) is 24.5 Å². The van der Waals surface area contributed by atoms with Crippen molar-refractivity contribution in [1.29, 1.82) is 0 Å². The van der Waals surface area contributed by atoms with Crippen molar-refractivity contribution in [3.8, 4) is 5.75 Å². The minimum absolute atomic E-state index is 0.354. The van der Waals surface area contributed by atoms with Crippen LogP contribution in [0.5, 0.6) is 5.75 Å². The zero-order valence-electron chi connectivity index (χ0n) is 12.4. The second-order valence-corrected chi connectivity index (χ2v) is 4.73. The van der Waals surface area contributed by atoms with Crippen LogP contribution in [0, 0.1) is 0 Å². The van der Waals surface area contributed by atoms with E-state index in [0.717, 1.165) is 12.1 Å². The summed E-state index contributed by atoms with van der Waals surface area (Å²) in [6.07, 6.45) is -1.50. The van der Waals surface area contributed by atoms with Crippen LogP contribution in [0.25, 0.3) is 0 Å². The minimum atomic E-state index is -4.75. The standard InChI is InChI=1S/C14H15F3N4O2/c1-18-12(9-7-19-21(2)8-9)13(22)20-10-3-5-11(6-4-10)23-14(15,16)17/h3-8,12,18H,1-2H3,(H,20,22). The molecule has 1 atom stereocenters. The van der Waals surface area contributed by atoms with Gasteiger partial charge in [0.2, 0.25) is 5.91 Å². The van der Waals surface area contributed by atoms with Gasteiger partial charge in [0.15, 0.2) is 0 Å². The molecule has 1 aromatic heterocycles. The van der Waals surface area contributed by atoms with Crippen LogP contribution in [0.3, 0.4) is 0 Å². The molecule has 0 saturated heterocycles. The van der Waals surface area contributed by atoms with E-state index >= 15 is 0 Å². The summed E-state index contributed by atoms with van der Waals surface area (Å²) in [5.74, 6) is -0.710. The molecule has 23 heavy (non-hydrogen) atoms. The number of carbonyl (C=O) groups excluding carboxylic acids is 1. The third-order valence-corrected chi connectivity index (χ3v) is 2.96. The summed E-state index contributed by atoms with van der Waals surface area (Å²) < 4.78 is 41.6. The van der Waals surface area contributed by atoms with Gasteiger partial charge in [-0.25, -0.2) is 0 Å². The summed E-state index contributed by atoms with van der Waals surface area (Å²) in [4.78, 5) is 12.2. The Kier molecular flexibility index (Phi) is 4.89. The molecule has 0 radical (unpaired) electrons. The minimum Gasteiger partial charge on any atom is -0.406 e. The van der Waals surface area contributed by atoms with Crippen molar-refractivity contribution in [3.05, 3.63) is 42.2 Å². The van der Waals surface area contributed by atoms with Crippen LogP contribution in [0.4, 0.5) is 18.9 Å². The average Bonchev–Trinajstić information content (AvgIpc) is 2.86. The van der Waals surface area contributed by atoms with E-state index in [1.807, 2.05) is 0 Å². The zero-order chi connectivity index (χ0) is 17.0. The van der Waals surface area contributed by atoms with Gasteiger partial charge < -0.3 is 15.4 Å². The highest BCUT2D eigenvalue weighted by atomic mass is 19.4. The van der Waals surface area contributed by atoms with Crippen molar-refractivity contribution < 1.29 is 22.7 Å². The molecular formula is C14H15F3N4O2. The van der Waals surface area contributed by atoms with Crippen molar-refractivity contribution >= 4 is 11.6 Å². The van der Waals surface area contributed by atoms with Crippen LogP contribution < -0.4 is 15.4 Å². The van der Waals surface area contributed by atoms with Gasteiger partial charge >= 0.3 is 6.36 Å². The van der Waals surface area contributed by atoms with Crippen molar-refractivity contribution in [3.63, 3.8) is 0 Å². The molecule has 0 bridgehead atoms. The summed E-state index contributed by atoms with van der Waals surface area (Å²) >= 11 is 0. The van der Waals surface area contributed by atoms with Gasteiger partial charge in [-0.1, -0.05) is 0 Å². The van der Waals surface area contributed by atoms with Crippen LogP contribution in [0.2, 0.25) is 0 Å². The lowest BCUT2D eigenvalue weighted by Gasteiger charge is -2.15. The third kappa shape index (κ3) is 4.71. The number of carbonyl (C=O) groups is 1. The molecule has 9 heteroatoms. The molecule has 0 aliphatic rings. The van der Waals surface area contributed by atoms with Crippen molar-refractivity contribution in [2.75, 3.05) is 12.4 Å². The van der Waals surface area contributed by atoms with E-state index in [2.05, 4.69) is 20.5 Å². The Morgan fingerprint density at radius 3 is 2.43 bits per heavy atom. The number of aromatic nitrogens is 2. The first-order valence-electron chi connectivity index (χ1n) is 6.61. The Morgan fingerprint density at radius 2 is 1.96 bits per heavy atom. The maximum absolute atomic E-state index is 12.2. The van der Waals surface area contributed by atoms with Gasteiger partial charge in [0.05, 0.1) is 6.20 Å². The Balaban J connectivity index is 2.04. The number of rotatable bonds is 5. The van der Waals surface area contributed by atoms with E-state index in [1.54, 1.807) is 31.2 Å². The molecule has 0 aliphatic carbocycles. The zero-order valence-corrected chi connectivity index (χ0v) is 12.4. The van der Waals surface area contributed by atoms with Gasteiger partial charge in [-0.15, -0.1) is 13.2 Å². The molecule has 1 heterocycles. The number of halogens is 3. The second kappa shape index (κ2) is 6.69. The average molecular weight is 328 g/mol. The monoisotopic (exact) mass is 328 g/mol. The molecule has 6 nitrogen and oxygen atoms in total. The number of nitrogens with zero attached hydrogens (tertiary/aromatic N) is 2. The number of aryl methyl sites for hydroxylation is 1. The highest BCUT2D eigenvalue weighted by Crippen LogP contribution is 2.24. The highest BCUT2D eigenvalue weighted by molar-refractivity contribution is 5.95. The quantitative estimate of drug-likeness (QED) is 0.883. The molecule has 1 aromatic carbocycles. The molecule has 124 valence electrons. The maximum atomic E-state index is 12.2. The van der Waals surface area contributed by atoms with Crippen LogP contribution in [-0.4, -0.2) is 29.1 Å². The fourth-order valence-corrected chi connectivity index (χ4v) is 1.99. The van der Waals surface area contributed by atoms with E-state index < -0.39 is 12.4 Å². The first kappa shape index (κ1) is 16.8. The summed E-state index contributed by atoms with van der Waals surface area (Å²) in [6.45, 7) is 0. The van der Waals surface area contributed by atoms with Gasteiger partial charge in [-0.3, -0.25) is 9.48 Å². The van der Waals surface area contributed by atoms with Gasteiger partial charge in [0.25, 0.3) is 0 Å². The van der Waals surface area contributed by atoms with Gasteiger partial charge in [-0.05, 0) is 31.3 Å². The third-order valence-electron chi connectivity index (χ3n) is 2.96. The van der Waals surface area contributed by atoms with Crippen LogP contribution in [0.1, 0.15) is 11.6 Å². The summed E-state index contributed by atoms with van der Waals surface area (Å²) in [6, 6.07) is 4.28. The lowest BCUT2D eigenvalue weighted by Crippen LogP contribution is -2.30. The maximum Gasteiger partial charge on any atom is 0.573 e. The SMILES string of the molecule is CNC(C(=O)Nc1ccc(OC(F)(F)F)cc1)c1cnn(C)c1. The number of ether oxygens (including phenoxy) is 1. The smallest absolute Gasteiger partial charge is 0.406 e. The fraction of sp³-hybridized carbons (Fsp3) is 0.286. The molecule has 0 aliphatic heterocycles. The molecule has 1 unspecified atom stereocenters. The normalized spacial score (nSPS) is 12.7. The van der Waals surface area contributed by atoms with Crippen LogP contribution in [-0.2, 0) is 11.8 Å². The number of nitrogens with one attached hydrogen (secondary N) is 2. The van der Waals surface area contributed by atoms with Crippen molar-refractivity contribution in [1.82, 2.24) is 15.1 Å². The molecule has 0 saturated carbocycles. The van der Waals surface area contributed by atoms with Crippen molar-refractivity contribution in [2.45, 2.75) is 12.4 Å². The van der Waals surface area contributed by atoms with E-state index in [1.165, 1.54) is 12.1 Å². The Morgan fingerprint density at radius 1 is 1.30 bits per heavy atom. The number of anilines is 1. The molecule has 2 rings (SSSR count). The lowest BCUT2D eigenvalue weighted by atomic mass is 10.1. The summed E-state index contributed by atoms with van der Waals surface area (Å²) in [5.41, 5.74) is 1.03. The van der Waals surface area contributed by atoms with Crippen molar-refractivity contribution in [2.24, 2.45) is 7.05 Å². The Bertz CT molecular complexity index is 667. The molecule has 0 spiro atoms.